The molecule has 0 aromatic heterocycles. The van der Waals surface area contributed by atoms with E-state index in [-0.39, 0.29) is 11.6 Å². The Morgan fingerprint density at radius 1 is 1.12 bits per heavy atom. The van der Waals surface area contributed by atoms with Crippen molar-refractivity contribution in [1.29, 1.82) is 0 Å². The van der Waals surface area contributed by atoms with Crippen molar-refractivity contribution in [3.05, 3.63) is 54.1 Å². The van der Waals surface area contributed by atoms with Gasteiger partial charge in [0, 0.05) is 37.7 Å². The highest BCUT2D eigenvalue weighted by molar-refractivity contribution is 5.89. The van der Waals surface area contributed by atoms with E-state index < -0.39 is 0 Å². The van der Waals surface area contributed by atoms with Gasteiger partial charge >= 0.3 is 6.03 Å². The van der Waals surface area contributed by atoms with Gasteiger partial charge in [0.05, 0.1) is 7.11 Å². The fourth-order valence-corrected chi connectivity index (χ4v) is 3.83. The molecule has 1 saturated heterocycles. The molecule has 2 heterocycles. The Morgan fingerprint density at radius 3 is 2.73 bits per heavy atom. The number of fused-ring (bicyclic) bond motifs is 1. The van der Waals surface area contributed by atoms with E-state index in [1.54, 1.807) is 7.11 Å². The van der Waals surface area contributed by atoms with E-state index in [0.717, 1.165) is 42.9 Å². The lowest BCUT2D eigenvalue weighted by molar-refractivity contribution is -0.00434. The molecule has 2 aromatic carbocycles. The van der Waals surface area contributed by atoms with Crippen molar-refractivity contribution in [1.82, 2.24) is 4.90 Å². The van der Waals surface area contributed by atoms with Gasteiger partial charge in [0.15, 0.2) is 0 Å². The van der Waals surface area contributed by atoms with Gasteiger partial charge in [0.25, 0.3) is 0 Å². The van der Waals surface area contributed by atoms with Crippen molar-refractivity contribution in [2.24, 2.45) is 0 Å². The number of aryl methyl sites for hydroxylation is 1. The topological polar surface area (TPSA) is 50.8 Å². The molecule has 136 valence electrons. The number of amides is 2. The highest BCUT2D eigenvalue weighted by Gasteiger charge is 2.40. The molecule has 5 nitrogen and oxygen atoms in total. The van der Waals surface area contributed by atoms with Crippen LogP contribution in [-0.4, -0.2) is 36.7 Å². The van der Waals surface area contributed by atoms with E-state index >= 15 is 0 Å². The van der Waals surface area contributed by atoms with Gasteiger partial charge in [-0.3, -0.25) is 0 Å². The molecule has 2 aromatic rings. The second-order valence-corrected chi connectivity index (χ2v) is 7.04. The molecule has 0 atom stereocenters. The van der Waals surface area contributed by atoms with Crippen molar-refractivity contribution in [3.63, 3.8) is 0 Å². The molecule has 1 fully saturated rings. The lowest BCUT2D eigenvalue weighted by atomic mass is 9.83. The van der Waals surface area contributed by atoms with Gasteiger partial charge in [-0.25, -0.2) is 4.79 Å². The average molecular weight is 352 g/mol. The minimum absolute atomic E-state index is 0.0655. The Morgan fingerprint density at radius 2 is 1.92 bits per heavy atom. The van der Waals surface area contributed by atoms with Crippen molar-refractivity contribution in [3.8, 4) is 11.5 Å². The lowest BCUT2D eigenvalue weighted by Crippen LogP contribution is -2.52. The SMILES string of the molecule is COc1cccc(NC(=O)N2CCC3(CCc4ccccc4O3)CC2)c1. The summed E-state index contributed by atoms with van der Waals surface area (Å²) in [6.45, 7) is 1.41. The number of nitrogens with zero attached hydrogens (tertiary/aromatic N) is 1. The van der Waals surface area contributed by atoms with Crippen LogP contribution in [0, 0.1) is 0 Å². The van der Waals surface area contributed by atoms with Gasteiger partial charge in [-0.1, -0.05) is 24.3 Å². The summed E-state index contributed by atoms with van der Waals surface area (Å²) in [7, 11) is 1.62. The normalized spacial score (nSPS) is 18.0. The molecule has 0 saturated carbocycles. The second kappa shape index (κ2) is 6.90. The Kier molecular flexibility index (Phi) is 4.45. The minimum Gasteiger partial charge on any atom is -0.497 e. The Balaban J connectivity index is 1.37. The maximum Gasteiger partial charge on any atom is 0.321 e. The molecule has 2 aliphatic heterocycles. The van der Waals surface area contributed by atoms with Crippen molar-refractivity contribution in [2.75, 3.05) is 25.5 Å². The number of rotatable bonds is 2. The van der Waals surface area contributed by atoms with Crippen LogP contribution in [0.2, 0.25) is 0 Å². The standard InChI is InChI=1S/C21H24N2O3/c1-25-18-7-4-6-17(15-18)22-20(24)23-13-11-21(12-14-23)10-9-16-5-2-3-8-19(16)26-21/h2-8,15H,9-14H2,1H3,(H,22,24). The Hall–Kier alpha value is -2.69. The predicted octanol–water partition coefficient (Wildman–Crippen LogP) is 4.09. The molecule has 2 aliphatic rings. The minimum atomic E-state index is -0.124. The molecule has 1 N–H and O–H groups in total. The van der Waals surface area contributed by atoms with Gasteiger partial charge < -0.3 is 19.7 Å². The molecular weight excluding hydrogens is 328 g/mol. The number of carbonyl (C=O) groups excluding carboxylic acids is 1. The third-order valence-corrected chi connectivity index (χ3v) is 5.43. The number of ether oxygens (including phenoxy) is 2. The van der Waals surface area contributed by atoms with Crippen LogP contribution in [0.1, 0.15) is 24.8 Å². The van der Waals surface area contributed by atoms with Crippen LogP contribution in [-0.2, 0) is 6.42 Å². The van der Waals surface area contributed by atoms with E-state index in [0.29, 0.717) is 13.1 Å². The van der Waals surface area contributed by atoms with Crippen LogP contribution in [0.15, 0.2) is 48.5 Å². The number of nitrogens with one attached hydrogen (secondary N) is 1. The van der Waals surface area contributed by atoms with Crippen molar-refractivity contribution < 1.29 is 14.3 Å². The first-order valence-corrected chi connectivity index (χ1v) is 9.14. The number of hydrogen-bond acceptors (Lipinski definition) is 3. The molecule has 4 rings (SSSR count). The van der Waals surface area contributed by atoms with Gasteiger partial charge in [-0.2, -0.15) is 0 Å². The summed E-state index contributed by atoms with van der Waals surface area (Å²) >= 11 is 0. The highest BCUT2D eigenvalue weighted by Crippen LogP contribution is 2.39. The quantitative estimate of drug-likeness (QED) is 0.886. The number of urea groups is 1. The maximum atomic E-state index is 12.6. The first-order valence-electron chi connectivity index (χ1n) is 9.14. The summed E-state index contributed by atoms with van der Waals surface area (Å²) in [6.07, 6.45) is 3.81. The van der Waals surface area contributed by atoms with Crippen LogP contribution in [0.4, 0.5) is 10.5 Å². The third-order valence-electron chi connectivity index (χ3n) is 5.43. The summed E-state index contributed by atoms with van der Waals surface area (Å²) in [5, 5.41) is 2.96. The first-order chi connectivity index (χ1) is 12.7. The van der Waals surface area contributed by atoms with Crippen molar-refractivity contribution in [2.45, 2.75) is 31.3 Å². The third kappa shape index (κ3) is 3.34. The van der Waals surface area contributed by atoms with Gasteiger partial charge in [-0.15, -0.1) is 0 Å². The van der Waals surface area contributed by atoms with Gasteiger partial charge in [-0.05, 0) is 36.6 Å². The number of hydrogen-bond donors (Lipinski definition) is 1. The summed E-state index contributed by atoms with van der Waals surface area (Å²) < 4.78 is 11.6. The highest BCUT2D eigenvalue weighted by atomic mass is 16.5. The number of para-hydroxylation sites is 1. The number of methoxy groups -OCH3 is 1. The second-order valence-electron chi connectivity index (χ2n) is 7.04. The fourth-order valence-electron chi connectivity index (χ4n) is 3.83. The van der Waals surface area contributed by atoms with Crippen LogP contribution >= 0.6 is 0 Å². The number of likely N-dealkylation sites (tertiary alicyclic amines) is 1. The number of anilines is 1. The molecular formula is C21H24N2O3. The summed E-state index contributed by atoms with van der Waals surface area (Å²) in [5.41, 5.74) is 1.91. The van der Waals surface area contributed by atoms with E-state index in [2.05, 4.69) is 23.5 Å². The predicted molar refractivity (Wildman–Crippen MR) is 101 cm³/mol. The average Bonchev–Trinajstić information content (AvgIpc) is 2.68. The van der Waals surface area contributed by atoms with Crippen LogP contribution in [0.25, 0.3) is 0 Å². The summed E-state index contributed by atoms with van der Waals surface area (Å²) in [6, 6.07) is 15.6. The number of carbonyl (C=O) groups is 1. The zero-order valence-electron chi connectivity index (χ0n) is 15.0. The zero-order chi connectivity index (χ0) is 18.0. The van der Waals surface area contributed by atoms with Crippen molar-refractivity contribution >= 4 is 11.7 Å². The molecule has 1 spiro atoms. The van der Waals surface area contributed by atoms with E-state index in [9.17, 15) is 4.79 Å². The Labute approximate surface area is 153 Å². The molecule has 26 heavy (non-hydrogen) atoms. The molecule has 0 unspecified atom stereocenters. The van der Waals surface area contributed by atoms with Gasteiger partial charge in [0.1, 0.15) is 17.1 Å². The molecule has 2 amide bonds. The first kappa shape index (κ1) is 16.8. The van der Waals surface area contributed by atoms with E-state index in [4.69, 9.17) is 9.47 Å². The molecule has 0 bridgehead atoms. The molecule has 0 radical (unpaired) electrons. The molecule has 0 aliphatic carbocycles. The lowest BCUT2D eigenvalue weighted by Gasteiger charge is -2.44. The monoisotopic (exact) mass is 352 g/mol. The Bertz CT molecular complexity index is 797. The van der Waals surface area contributed by atoms with Crippen LogP contribution < -0.4 is 14.8 Å². The molecule has 5 heteroatoms. The summed E-state index contributed by atoms with van der Waals surface area (Å²) in [5.74, 6) is 1.74. The zero-order valence-corrected chi connectivity index (χ0v) is 15.0. The van der Waals surface area contributed by atoms with Crippen LogP contribution in [0.3, 0.4) is 0 Å². The summed E-state index contributed by atoms with van der Waals surface area (Å²) in [4.78, 5) is 14.4. The smallest absolute Gasteiger partial charge is 0.321 e. The maximum absolute atomic E-state index is 12.6. The number of benzene rings is 2. The largest absolute Gasteiger partial charge is 0.497 e. The fraction of sp³-hybridized carbons (Fsp3) is 0.381. The number of piperidine rings is 1. The van der Waals surface area contributed by atoms with Crippen LogP contribution in [0.5, 0.6) is 11.5 Å². The van der Waals surface area contributed by atoms with E-state index in [1.165, 1.54) is 5.56 Å². The van der Waals surface area contributed by atoms with E-state index in [1.807, 2.05) is 35.2 Å². The van der Waals surface area contributed by atoms with Gasteiger partial charge in [0.2, 0.25) is 0 Å².